The molecule has 9 heteroatoms. The lowest BCUT2D eigenvalue weighted by Crippen LogP contribution is -2.46. The van der Waals surface area contributed by atoms with Crippen LogP contribution < -0.4 is 10.8 Å². The van der Waals surface area contributed by atoms with Crippen molar-refractivity contribution >= 4 is 34.5 Å². The van der Waals surface area contributed by atoms with Gasteiger partial charge in [0.2, 0.25) is 11.8 Å². The van der Waals surface area contributed by atoms with Crippen LogP contribution in [0.2, 0.25) is 0 Å². The maximum Gasteiger partial charge on any atom is 0.305 e. The Morgan fingerprint density at radius 2 is 1.79 bits per heavy atom. The highest BCUT2D eigenvalue weighted by atomic mass is 16.5. The number of fused-ring (bicyclic) bond motifs is 1. The maximum atomic E-state index is 13.0. The molecule has 0 unspecified atom stereocenters. The fraction of sp³-hybridized carbons (Fsp3) is 0.400. The number of hydroxylamine groups is 1. The lowest BCUT2D eigenvalue weighted by atomic mass is 9.92. The molecule has 0 saturated carbocycles. The molecule has 0 aliphatic carbocycles. The molecule has 9 nitrogen and oxygen atoms in total. The summed E-state index contributed by atoms with van der Waals surface area (Å²) in [5.74, 6) is -3.86. The Balaban J connectivity index is 2.26. The van der Waals surface area contributed by atoms with Crippen molar-refractivity contribution in [1.82, 2.24) is 15.8 Å². The third kappa shape index (κ3) is 5.89. The van der Waals surface area contributed by atoms with Crippen LogP contribution in [0.4, 0.5) is 0 Å². The molecule has 2 atom stereocenters. The molecule has 0 aliphatic rings. The van der Waals surface area contributed by atoms with Crippen molar-refractivity contribution in [2.24, 2.45) is 11.8 Å². The van der Waals surface area contributed by atoms with Crippen LogP contribution in [0.5, 0.6) is 0 Å². The van der Waals surface area contributed by atoms with Gasteiger partial charge in [-0.1, -0.05) is 32.0 Å². The third-order valence-electron chi connectivity index (χ3n) is 4.55. The summed E-state index contributed by atoms with van der Waals surface area (Å²) >= 11 is 0. The zero-order chi connectivity index (χ0) is 21.6. The maximum absolute atomic E-state index is 13.0. The van der Waals surface area contributed by atoms with Crippen molar-refractivity contribution in [3.8, 4) is 0 Å². The Kier molecular flexibility index (Phi) is 7.49. The first kappa shape index (κ1) is 22.1. The van der Waals surface area contributed by atoms with Gasteiger partial charge in [0, 0.05) is 35.0 Å². The fourth-order valence-electron chi connectivity index (χ4n) is 3.26. The number of carboxylic acid groups (broad SMARTS) is 1. The predicted molar refractivity (Wildman–Crippen MR) is 104 cm³/mol. The Morgan fingerprint density at radius 1 is 1.10 bits per heavy atom. The zero-order valence-electron chi connectivity index (χ0n) is 16.3. The number of aromatic nitrogens is 1. The third-order valence-corrected chi connectivity index (χ3v) is 4.55. The number of nitrogens with one attached hydrogen (secondary N) is 3. The second-order valence-corrected chi connectivity index (χ2v) is 7.34. The minimum absolute atomic E-state index is 0.0690. The van der Waals surface area contributed by atoms with Gasteiger partial charge in [-0.15, -0.1) is 0 Å². The minimum atomic E-state index is -1.29. The number of aliphatic carboxylic acids is 1. The van der Waals surface area contributed by atoms with Crippen LogP contribution in [0, 0.1) is 11.8 Å². The molecule has 156 valence electrons. The lowest BCUT2D eigenvalue weighted by molar-refractivity contribution is -0.138. The van der Waals surface area contributed by atoms with E-state index in [1.165, 1.54) is 11.7 Å². The summed E-state index contributed by atoms with van der Waals surface area (Å²) in [5, 5.41) is 21.1. The van der Waals surface area contributed by atoms with Crippen molar-refractivity contribution in [1.29, 1.82) is 0 Å². The average Bonchev–Trinajstić information content (AvgIpc) is 3.09. The number of hydrogen-bond acceptors (Lipinski definition) is 5. The summed E-state index contributed by atoms with van der Waals surface area (Å²) in [6.45, 7) is 3.73. The second-order valence-electron chi connectivity index (χ2n) is 7.34. The van der Waals surface area contributed by atoms with Crippen LogP contribution in [-0.4, -0.2) is 44.9 Å². The van der Waals surface area contributed by atoms with Crippen molar-refractivity contribution in [2.45, 2.75) is 39.2 Å². The van der Waals surface area contributed by atoms with Crippen LogP contribution in [0.3, 0.4) is 0 Å². The topological polar surface area (TPSA) is 149 Å². The van der Waals surface area contributed by atoms with Gasteiger partial charge in [0.25, 0.3) is 0 Å². The number of H-pyrrole nitrogens is 1. The molecule has 0 saturated heterocycles. The largest absolute Gasteiger partial charge is 0.481 e. The Bertz CT molecular complexity index is 905. The molecule has 2 rings (SSSR count). The highest BCUT2D eigenvalue weighted by molar-refractivity contribution is 6.12. The van der Waals surface area contributed by atoms with Gasteiger partial charge in [0.15, 0.2) is 5.78 Å². The normalized spacial score (nSPS) is 13.1. The molecule has 1 aromatic heterocycles. The van der Waals surface area contributed by atoms with E-state index in [1.807, 2.05) is 13.8 Å². The van der Waals surface area contributed by atoms with Gasteiger partial charge in [0.1, 0.15) is 6.04 Å². The molecule has 1 aromatic carbocycles. The van der Waals surface area contributed by atoms with Crippen molar-refractivity contribution in [3.05, 3.63) is 36.0 Å². The van der Waals surface area contributed by atoms with E-state index in [2.05, 4.69) is 10.3 Å². The second kappa shape index (κ2) is 9.83. The summed E-state index contributed by atoms with van der Waals surface area (Å²) in [6, 6.07) is 5.77. The SMILES string of the molecule is CC(C)C[C@H](CC(=O)NO)C(=O)N[C@@H](CC(=O)O)C(=O)c1c[nH]c2ccccc12. The number of carboxylic acids is 1. The number of amides is 2. The monoisotopic (exact) mass is 403 g/mol. The molecule has 5 N–H and O–H groups in total. The van der Waals surface area contributed by atoms with Gasteiger partial charge >= 0.3 is 5.97 Å². The van der Waals surface area contributed by atoms with E-state index in [1.54, 1.807) is 24.3 Å². The van der Waals surface area contributed by atoms with Crippen LogP contribution in [-0.2, 0) is 14.4 Å². The van der Waals surface area contributed by atoms with Gasteiger partial charge in [-0.3, -0.25) is 24.4 Å². The van der Waals surface area contributed by atoms with E-state index in [4.69, 9.17) is 5.21 Å². The van der Waals surface area contributed by atoms with Gasteiger partial charge in [-0.2, -0.15) is 0 Å². The summed E-state index contributed by atoms with van der Waals surface area (Å²) in [4.78, 5) is 51.5. The summed E-state index contributed by atoms with van der Waals surface area (Å²) in [5.41, 5.74) is 2.48. The lowest BCUT2D eigenvalue weighted by Gasteiger charge is -2.22. The molecule has 0 fully saturated rings. The van der Waals surface area contributed by atoms with Crippen molar-refractivity contribution in [2.75, 3.05) is 0 Å². The Hall–Kier alpha value is -3.20. The highest BCUT2D eigenvalue weighted by Gasteiger charge is 2.30. The van der Waals surface area contributed by atoms with Crippen molar-refractivity contribution < 1.29 is 29.5 Å². The van der Waals surface area contributed by atoms with Gasteiger partial charge in [-0.25, -0.2) is 5.48 Å². The van der Waals surface area contributed by atoms with E-state index in [-0.39, 0.29) is 17.9 Å². The van der Waals surface area contributed by atoms with E-state index >= 15 is 0 Å². The van der Waals surface area contributed by atoms with E-state index in [0.717, 1.165) is 0 Å². The molecule has 2 amide bonds. The first-order chi connectivity index (χ1) is 13.7. The summed E-state index contributed by atoms with van der Waals surface area (Å²) in [7, 11) is 0. The standard InChI is InChI=1S/C20H25N3O6/c1-11(2)7-12(8-17(24)23-29)20(28)22-16(9-18(25)26)19(27)14-10-21-15-6-4-3-5-13(14)15/h3-6,10-12,16,21,29H,7-9H2,1-2H3,(H,22,28)(H,23,24)(H,25,26)/t12-,16+/m1/s1. The number of Topliss-reactive ketones (excluding diaryl/α,β-unsaturated/α-hetero) is 1. The molecular formula is C20H25N3O6. The molecule has 29 heavy (non-hydrogen) atoms. The summed E-state index contributed by atoms with van der Waals surface area (Å²) < 4.78 is 0. The number of carbonyl (C=O) groups excluding carboxylic acids is 3. The molecular weight excluding hydrogens is 378 g/mol. The quantitative estimate of drug-likeness (QED) is 0.232. The Morgan fingerprint density at radius 3 is 2.41 bits per heavy atom. The van der Waals surface area contributed by atoms with Crippen LogP contribution >= 0.6 is 0 Å². The number of aromatic amines is 1. The zero-order valence-corrected chi connectivity index (χ0v) is 16.3. The number of hydrogen-bond donors (Lipinski definition) is 5. The Labute approximate surface area is 167 Å². The summed E-state index contributed by atoms with van der Waals surface area (Å²) in [6.07, 6.45) is 0.950. The average molecular weight is 403 g/mol. The molecule has 0 spiro atoms. The smallest absolute Gasteiger partial charge is 0.305 e. The number of rotatable bonds is 10. The van der Waals surface area contributed by atoms with Crippen LogP contribution in [0.25, 0.3) is 10.9 Å². The van der Waals surface area contributed by atoms with Crippen LogP contribution in [0.1, 0.15) is 43.5 Å². The van der Waals surface area contributed by atoms with E-state index in [9.17, 15) is 24.3 Å². The molecule has 0 radical (unpaired) electrons. The number of para-hydroxylation sites is 1. The van der Waals surface area contributed by atoms with E-state index < -0.39 is 41.9 Å². The molecule has 0 bridgehead atoms. The number of benzene rings is 1. The predicted octanol–water partition coefficient (Wildman–Crippen LogP) is 1.87. The van der Waals surface area contributed by atoms with Gasteiger partial charge in [0.05, 0.1) is 6.42 Å². The highest BCUT2D eigenvalue weighted by Crippen LogP contribution is 2.21. The number of carbonyl (C=O) groups is 4. The van der Waals surface area contributed by atoms with E-state index in [0.29, 0.717) is 17.3 Å². The molecule has 0 aliphatic heterocycles. The number of ketones is 1. The first-order valence-electron chi connectivity index (χ1n) is 9.28. The van der Waals surface area contributed by atoms with Gasteiger partial charge in [-0.05, 0) is 18.4 Å². The molecule has 1 heterocycles. The van der Waals surface area contributed by atoms with Crippen LogP contribution in [0.15, 0.2) is 30.5 Å². The first-order valence-corrected chi connectivity index (χ1v) is 9.28. The molecule has 2 aromatic rings. The van der Waals surface area contributed by atoms with Gasteiger partial charge < -0.3 is 15.4 Å². The fourth-order valence-corrected chi connectivity index (χ4v) is 3.26. The minimum Gasteiger partial charge on any atom is -0.481 e. The van der Waals surface area contributed by atoms with Crippen molar-refractivity contribution in [3.63, 3.8) is 0 Å².